The number of alkyl halides is 3. The number of piperidine rings is 1. The number of sulfonamides is 1. The highest BCUT2D eigenvalue weighted by atomic mass is 35.5. The third-order valence-corrected chi connectivity index (χ3v) is 6.30. The van der Waals surface area contributed by atoms with Gasteiger partial charge >= 0.3 is 6.18 Å². The molecule has 0 aliphatic carbocycles. The summed E-state index contributed by atoms with van der Waals surface area (Å²) in [6.45, 7) is 2.17. The highest BCUT2D eigenvalue weighted by molar-refractivity contribution is 7.89. The summed E-state index contributed by atoms with van der Waals surface area (Å²) >= 11 is 5.59. The summed E-state index contributed by atoms with van der Waals surface area (Å²) in [5.41, 5.74) is 4.56. The Kier molecular flexibility index (Phi) is 6.97. The van der Waals surface area contributed by atoms with Crippen LogP contribution in [0, 0.1) is 5.92 Å². The van der Waals surface area contributed by atoms with Gasteiger partial charge in [0.2, 0.25) is 10.0 Å². The third kappa shape index (κ3) is 4.54. The van der Waals surface area contributed by atoms with E-state index in [4.69, 9.17) is 17.3 Å². The maximum absolute atomic E-state index is 13.1. The summed E-state index contributed by atoms with van der Waals surface area (Å²) in [5, 5.41) is -0.160. The molecule has 138 valence electrons. The fraction of sp³-hybridized carbons (Fsp3) is 0.571. The molecule has 1 unspecified atom stereocenters. The molecule has 2 N–H and O–H groups in total. The molecule has 1 heterocycles. The van der Waals surface area contributed by atoms with Crippen molar-refractivity contribution >= 4 is 34.0 Å². The molecule has 24 heavy (non-hydrogen) atoms. The summed E-state index contributed by atoms with van der Waals surface area (Å²) < 4.78 is 65.7. The second-order valence-electron chi connectivity index (χ2n) is 5.74. The van der Waals surface area contributed by atoms with E-state index in [1.54, 1.807) is 0 Å². The lowest BCUT2D eigenvalue weighted by molar-refractivity contribution is -0.139. The second kappa shape index (κ2) is 7.78. The zero-order valence-electron chi connectivity index (χ0n) is 12.9. The number of halogens is 5. The number of benzene rings is 1. The molecule has 0 amide bonds. The van der Waals surface area contributed by atoms with Crippen LogP contribution in [0.2, 0.25) is 5.02 Å². The zero-order chi connectivity index (χ0) is 17.4. The zero-order valence-corrected chi connectivity index (χ0v) is 15.3. The summed E-state index contributed by atoms with van der Waals surface area (Å²) in [6, 6.07) is 2.64. The predicted molar refractivity (Wildman–Crippen MR) is 88.8 cm³/mol. The number of hydrogen-bond donors (Lipinski definition) is 1. The lowest BCUT2D eigenvalue weighted by Gasteiger charge is -2.33. The monoisotopic (exact) mass is 406 g/mol. The van der Waals surface area contributed by atoms with Gasteiger partial charge in [-0.25, -0.2) is 8.42 Å². The van der Waals surface area contributed by atoms with E-state index >= 15 is 0 Å². The Hall–Kier alpha value is -0.540. The molecular formula is C14H19Cl2F3N2O2S. The van der Waals surface area contributed by atoms with Crippen LogP contribution in [-0.4, -0.2) is 31.9 Å². The van der Waals surface area contributed by atoms with Crippen LogP contribution in [0.4, 0.5) is 13.2 Å². The van der Waals surface area contributed by atoms with E-state index in [1.165, 1.54) is 0 Å². The van der Waals surface area contributed by atoms with Crippen LogP contribution in [0.5, 0.6) is 0 Å². The van der Waals surface area contributed by atoms with Crippen LogP contribution < -0.4 is 5.73 Å². The van der Waals surface area contributed by atoms with Gasteiger partial charge in [0.15, 0.2) is 0 Å². The molecule has 0 bridgehead atoms. The average molecular weight is 407 g/mol. The van der Waals surface area contributed by atoms with Gasteiger partial charge in [0.1, 0.15) is 0 Å². The van der Waals surface area contributed by atoms with Gasteiger partial charge < -0.3 is 5.73 Å². The first-order chi connectivity index (χ1) is 10.5. The Morgan fingerprint density at radius 2 is 1.83 bits per heavy atom. The van der Waals surface area contributed by atoms with Crippen molar-refractivity contribution in [3.63, 3.8) is 0 Å². The van der Waals surface area contributed by atoms with E-state index in [-0.39, 0.29) is 42.5 Å². The standard InChI is InChI=1S/C14H18ClF3N2O2S.ClH/c1-9(19)10-4-6-20(7-5-10)23(21,22)13-3-2-11(15)8-12(13)14(16,17)18;/h2-3,8-10H,4-7,19H2,1H3;1H. The molecule has 0 radical (unpaired) electrons. The molecule has 1 atom stereocenters. The molecule has 1 saturated heterocycles. The van der Waals surface area contributed by atoms with Gasteiger partial charge in [-0.2, -0.15) is 17.5 Å². The Labute approximate surface area is 150 Å². The highest BCUT2D eigenvalue weighted by Crippen LogP contribution is 2.37. The summed E-state index contributed by atoms with van der Waals surface area (Å²) in [4.78, 5) is -0.756. The lowest BCUT2D eigenvalue weighted by atomic mass is 9.92. The summed E-state index contributed by atoms with van der Waals surface area (Å²) in [5.74, 6) is 0.175. The number of hydrogen-bond acceptors (Lipinski definition) is 3. The van der Waals surface area contributed by atoms with Crippen LogP contribution in [-0.2, 0) is 16.2 Å². The van der Waals surface area contributed by atoms with Crippen molar-refractivity contribution in [1.29, 1.82) is 0 Å². The maximum Gasteiger partial charge on any atom is 0.417 e. The fourth-order valence-corrected chi connectivity index (χ4v) is 4.56. The van der Waals surface area contributed by atoms with Crippen molar-refractivity contribution in [2.24, 2.45) is 11.7 Å². The van der Waals surface area contributed by atoms with Crippen molar-refractivity contribution in [3.8, 4) is 0 Å². The van der Waals surface area contributed by atoms with Crippen LogP contribution in [0.1, 0.15) is 25.3 Å². The quantitative estimate of drug-likeness (QED) is 0.834. The van der Waals surface area contributed by atoms with E-state index in [2.05, 4.69) is 0 Å². The topological polar surface area (TPSA) is 63.4 Å². The maximum atomic E-state index is 13.1. The SMILES string of the molecule is CC(N)C1CCN(S(=O)(=O)c2ccc(Cl)cc2C(F)(F)F)CC1.Cl. The van der Waals surface area contributed by atoms with Crippen LogP contribution >= 0.6 is 24.0 Å². The summed E-state index contributed by atoms with van der Waals surface area (Å²) in [6.07, 6.45) is -3.73. The van der Waals surface area contributed by atoms with Crippen LogP contribution in [0.25, 0.3) is 0 Å². The number of rotatable bonds is 3. The molecule has 10 heteroatoms. The van der Waals surface area contributed by atoms with Gasteiger partial charge in [0.25, 0.3) is 0 Å². The minimum Gasteiger partial charge on any atom is -0.328 e. The van der Waals surface area contributed by atoms with Crippen molar-refractivity contribution in [1.82, 2.24) is 4.31 Å². The molecule has 2 rings (SSSR count). The molecule has 0 spiro atoms. The Morgan fingerprint density at radius 1 is 1.29 bits per heavy atom. The molecule has 1 aromatic rings. The number of nitrogens with two attached hydrogens (primary N) is 1. The molecule has 1 aromatic carbocycles. The van der Waals surface area contributed by atoms with Crippen molar-refractivity contribution in [2.45, 2.75) is 36.9 Å². The van der Waals surface area contributed by atoms with Crippen molar-refractivity contribution in [3.05, 3.63) is 28.8 Å². The molecule has 0 aromatic heterocycles. The van der Waals surface area contributed by atoms with Gasteiger partial charge in [-0.3, -0.25) is 0 Å². The molecule has 4 nitrogen and oxygen atoms in total. The highest BCUT2D eigenvalue weighted by Gasteiger charge is 2.40. The second-order valence-corrected chi connectivity index (χ2v) is 8.08. The van der Waals surface area contributed by atoms with E-state index in [0.29, 0.717) is 18.9 Å². The smallest absolute Gasteiger partial charge is 0.328 e. The van der Waals surface area contributed by atoms with Gasteiger partial charge in [-0.15, -0.1) is 12.4 Å². The van der Waals surface area contributed by atoms with Crippen molar-refractivity contribution in [2.75, 3.05) is 13.1 Å². The van der Waals surface area contributed by atoms with Gasteiger partial charge in [0.05, 0.1) is 10.5 Å². The van der Waals surface area contributed by atoms with E-state index in [0.717, 1.165) is 16.4 Å². The first-order valence-corrected chi connectivity index (χ1v) is 8.97. The van der Waals surface area contributed by atoms with Crippen molar-refractivity contribution < 1.29 is 21.6 Å². The molecule has 1 aliphatic heterocycles. The summed E-state index contributed by atoms with van der Waals surface area (Å²) in [7, 11) is -4.23. The first kappa shape index (κ1) is 21.5. The predicted octanol–water partition coefficient (Wildman–Crippen LogP) is 3.53. The minimum absolute atomic E-state index is 0. The van der Waals surface area contributed by atoms with E-state index < -0.39 is 26.7 Å². The van der Waals surface area contributed by atoms with Crippen LogP contribution in [0.3, 0.4) is 0 Å². The average Bonchev–Trinajstić information content (AvgIpc) is 2.46. The Morgan fingerprint density at radius 3 is 2.29 bits per heavy atom. The third-order valence-electron chi connectivity index (χ3n) is 4.11. The van der Waals surface area contributed by atoms with Crippen LogP contribution in [0.15, 0.2) is 23.1 Å². The molecule has 1 aliphatic rings. The lowest BCUT2D eigenvalue weighted by Crippen LogP contribution is -2.42. The first-order valence-electron chi connectivity index (χ1n) is 7.16. The minimum atomic E-state index is -4.79. The largest absolute Gasteiger partial charge is 0.417 e. The fourth-order valence-electron chi connectivity index (χ4n) is 2.73. The Balaban J connectivity index is 0.00000288. The molecule has 1 fully saturated rings. The number of nitrogens with zero attached hydrogens (tertiary/aromatic N) is 1. The van der Waals surface area contributed by atoms with Gasteiger partial charge in [-0.05, 0) is 43.9 Å². The molecular weight excluding hydrogens is 388 g/mol. The van der Waals surface area contributed by atoms with E-state index in [1.807, 2.05) is 6.92 Å². The molecule has 0 saturated carbocycles. The normalized spacial score (nSPS) is 18.9. The van der Waals surface area contributed by atoms with Gasteiger partial charge in [0, 0.05) is 24.2 Å². The van der Waals surface area contributed by atoms with Gasteiger partial charge in [-0.1, -0.05) is 11.6 Å². The van der Waals surface area contributed by atoms with E-state index in [9.17, 15) is 21.6 Å². The Bertz CT molecular complexity index is 673.